The highest BCUT2D eigenvalue weighted by Gasteiger charge is 2.10. The Morgan fingerprint density at radius 1 is 1.08 bits per heavy atom. The topological polar surface area (TPSA) is 56.1 Å². The summed E-state index contributed by atoms with van der Waals surface area (Å²) in [6.07, 6.45) is 3.77. The third-order valence-electron chi connectivity index (χ3n) is 3.51. The van der Waals surface area contributed by atoms with Crippen molar-refractivity contribution in [1.29, 1.82) is 0 Å². The van der Waals surface area contributed by atoms with E-state index in [1.54, 1.807) is 35.8 Å². The molecule has 0 fully saturated rings. The minimum Gasteiger partial charge on any atom is -0.497 e. The number of amides is 1. The van der Waals surface area contributed by atoms with Crippen LogP contribution in [0.4, 0.5) is 5.69 Å². The van der Waals surface area contributed by atoms with Crippen LogP contribution in [0.15, 0.2) is 65.7 Å². The van der Waals surface area contributed by atoms with Crippen LogP contribution < -0.4 is 10.1 Å². The van der Waals surface area contributed by atoms with Crippen molar-refractivity contribution < 1.29 is 9.53 Å². The van der Waals surface area contributed by atoms with Crippen LogP contribution in [-0.4, -0.2) is 29.1 Å². The van der Waals surface area contributed by atoms with E-state index in [0.29, 0.717) is 5.69 Å². The fraction of sp³-hybridized carbons (Fsp3) is 0.111. The minimum absolute atomic E-state index is 0.237. The molecule has 3 aromatic rings. The number of hydrogen-bond donors (Lipinski definition) is 1. The van der Waals surface area contributed by atoms with Gasteiger partial charge in [-0.3, -0.25) is 4.79 Å². The summed E-state index contributed by atoms with van der Waals surface area (Å²) in [5.41, 5.74) is 1.97. The summed E-state index contributed by atoms with van der Waals surface area (Å²) >= 11 is 1.66. The number of anilines is 1. The van der Waals surface area contributed by atoms with E-state index in [2.05, 4.69) is 10.4 Å². The standard InChI is InChI=1S/C18H17N3O2S/c1-23-15-7-5-14(6-8-15)21-12-11-17(20-21)18(22)19-13-3-9-16(24-2)10-4-13/h3-12H,1-2H3,(H,19,22). The zero-order valence-electron chi connectivity index (χ0n) is 13.4. The summed E-state index contributed by atoms with van der Waals surface area (Å²) in [6.45, 7) is 0. The number of ether oxygens (including phenoxy) is 1. The van der Waals surface area contributed by atoms with Crippen molar-refractivity contribution in [3.63, 3.8) is 0 Å². The van der Waals surface area contributed by atoms with Crippen LogP contribution in [0.1, 0.15) is 10.5 Å². The zero-order chi connectivity index (χ0) is 16.9. The third-order valence-corrected chi connectivity index (χ3v) is 4.25. The van der Waals surface area contributed by atoms with Crippen molar-refractivity contribution in [1.82, 2.24) is 9.78 Å². The molecule has 1 heterocycles. The number of hydrogen-bond acceptors (Lipinski definition) is 4. The quantitative estimate of drug-likeness (QED) is 0.717. The highest BCUT2D eigenvalue weighted by molar-refractivity contribution is 7.98. The first-order chi connectivity index (χ1) is 11.7. The molecule has 24 heavy (non-hydrogen) atoms. The van der Waals surface area contributed by atoms with Crippen molar-refractivity contribution in [2.45, 2.75) is 4.90 Å². The third kappa shape index (κ3) is 3.60. The van der Waals surface area contributed by atoms with Gasteiger partial charge in [0.1, 0.15) is 5.75 Å². The number of nitrogens with zero attached hydrogens (tertiary/aromatic N) is 2. The van der Waals surface area contributed by atoms with Crippen LogP contribution in [-0.2, 0) is 0 Å². The molecule has 0 unspecified atom stereocenters. The Morgan fingerprint density at radius 2 is 1.79 bits per heavy atom. The Labute approximate surface area is 144 Å². The first kappa shape index (κ1) is 16.1. The molecule has 1 aromatic heterocycles. The molecule has 6 heteroatoms. The van der Waals surface area contributed by atoms with Gasteiger partial charge in [0.15, 0.2) is 5.69 Å². The molecule has 2 aromatic carbocycles. The molecule has 5 nitrogen and oxygen atoms in total. The maximum Gasteiger partial charge on any atom is 0.276 e. The van der Waals surface area contributed by atoms with E-state index in [1.807, 2.05) is 54.8 Å². The number of thioether (sulfide) groups is 1. The van der Waals surface area contributed by atoms with Crippen molar-refractivity contribution >= 4 is 23.4 Å². The average Bonchev–Trinajstić information content (AvgIpc) is 3.13. The lowest BCUT2D eigenvalue weighted by Crippen LogP contribution is -2.13. The van der Waals surface area contributed by atoms with E-state index in [0.717, 1.165) is 22.0 Å². The van der Waals surface area contributed by atoms with Gasteiger partial charge in [-0.2, -0.15) is 5.10 Å². The first-order valence-electron chi connectivity index (χ1n) is 7.35. The lowest BCUT2D eigenvalue weighted by molar-refractivity contribution is 0.102. The fourth-order valence-electron chi connectivity index (χ4n) is 2.19. The molecule has 122 valence electrons. The van der Waals surface area contributed by atoms with Crippen LogP contribution in [0.5, 0.6) is 5.75 Å². The van der Waals surface area contributed by atoms with Crippen LogP contribution in [0.3, 0.4) is 0 Å². The molecule has 0 radical (unpaired) electrons. The summed E-state index contributed by atoms with van der Waals surface area (Å²) in [4.78, 5) is 13.5. The number of carbonyl (C=O) groups is 1. The second-order valence-electron chi connectivity index (χ2n) is 5.03. The van der Waals surface area contributed by atoms with Gasteiger partial charge < -0.3 is 10.1 Å². The lowest BCUT2D eigenvalue weighted by Gasteiger charge is -2.05. The van der Waals surface area contributed by atoms with Gasteiger partial charge in [-0.25, -0.2) is 4.68 Å². The van der Waals surface area contributed by atoms with Gasteiger partial charge >= 0.3 is 0 Å². The summed E-state index contributed by atoms with van der Waals surface area (Å²) in [5.74, 6) is 0.539. The molecular formula is C18H17N3O2S. The van der Waals surface area contributed by atoms with Gasteiger partial charge in [-0.1, -0.05) is 0 Å². The van der Waals surface area contributed by atoms with Crippen molar-refractivity contribution in [3.8, 4) is 11.4 Å². The zero-order valence-corrected chi connectivity index (χ0v) is 14.2. The van der Waals surface area contributed by atoms with Gasteiger partial charge in [-0.15, -0.1) is 11.8 Å². The van der Waals surface area contributed by atoms with Crippen molar-refractivity contribution in [2.75, 3.05) is 18.7 Å². The number of aromatic nitrogens is 2. The van der Waals surface area contributed by atoms with E-state index in [9.17, 15) is 4.79 Å². The molecule has 0 saturated carbocycles. The smallest absolute Gasteiger partial charge is 0.276 e. The van der Waals surface area contributed by atoms with E-state index >= 15 is 0 Å². The lowest BCUT2D eigenvalue weighted by atomic mass is 10.3. The highest BCUT2D eigenvalue weighted by atomic mass is 32.2. The van der Waals surface area contributed by atoms with E-state index in [-0.39, 0.29) is 5.91 Å². The molecule has 0 aliphatic carbocycles. The molecule has 0 spiro atoms. The SMILES string of the molecule is COc1ccc(-n2ccc(C(=O)Nc3ccc(SC)cc3)n2)cc1. The normalized spacial score (nSPS) is 10.4. The Balaban J connectivity index is 1.72. The Kier molecular flexibility index (Phi) is 4.86. The fourth-order valence-corrected chi connectivity index (χ4v) is 2.60. The van der Waals surface area contributed by atoms with E-state index < -0.39 is 0 Å². The molecule has 0 aliphatic rings. The summed E-state index contributed by atoms with van der Waals surface area (Å²) in [5, 5.41) is 7.17. The van der Waals surface area contributed by atoms with Gasteiger partial charge in [0.05, 0.1) is 12.8 Å². The molecule has 0 aliphatic heterocycles. The van der Waals surface area contributed by atoms with E-state index in [1.165, 1.54) is 0 Å². The predicted octanol–water partition coefficient (Wildman–Crippen LogP) is 3.86. The molecule has 0 atom stereocenters. The minimum atomic E-state index is -0.237. The summed E-state index contributed by atoms with van der Waals surface area (Å²) in [7, 11) is 1.62. The van der Waals surface area contributed by atoms with Gasteiger partial charge in [-0.05, 0) is 60.9 Å². The molecule has 1 N–H and O–H groups in total. The Morgan fingerprint density at radius 3 is 2.42 bits per heavy atom. The molecule has 1 amide bonds. The average molecular weight is 339 g/mol. The second-order valence-corrected chi connectivity index (χ2v) is 5.91. The maximum atomic E-state index is 12.3. The number of nitrogens with one attached hydrogen (secondary N) is 1. The molecule has 0 bridgehead atoms. The number of methoxy groups -OCH3 is 1. The van der Waals surface area contributed by atoms with Gasteiger partial charge in [0.25, 0.3) is 5.91 Å². The van der Waals surface area contributed by atoms with Crippen molar-refractivity contribution in [2.24, 2.45) is 0 Å². The largest absolute Gasteiger partial charge is 0.497 e. The number of carbonyl (C=O) groups excluding carboxylic acids is 1. The number of rotatable bonds is 5. The summed E-state index contributed by atoms with van der Waals surface area (Å²) < 4.78 is 6.79. The highest BCUT2D eigenvalue weighted by Crippen LogP contribution is 2.18. The van der Waals surface area contributed by atoms with Gasteiger partial charge in [0, 0.05) is 16.8 Å². The van der Waals surface area contributed by atoms with Crippen LogP contribution >= 0.6 is 11.8 Å². The Hall–Kier alpha value is -2.73. The van der Waals surface area contributed by atoms with E-state index in [4.69, 9.17) is 4.74 Å². The summed E-state index contributed by atoms with van der Waals surface area (Å²) in [6, 6.07) is 16.9. The predicted molar refractivity (Wildman–Crippen MR) is 96.3 cm³/mol. The first-order valence-corrected chi connectivity index (χ1v) is 8.57. The number of benzene rings is 2. The van der Waals surface area contributed by atoms with Crippen LogP contribution in [0.2, 0.25) is 0 Å². The molecular weight excluding hydrogens is 322 g/mol. The molecule has 0 saturated heterocycles. The maximum absolute atomic E-state index is 12.3. The van der Waals surface area contributed by atoms with Gasteiger partial charge in [0.2, 0.25) is 0 Å². The van der Waals surface area contributed by atoms with Crippen LogP contribution in [0.25, 0.3) is 5.69 Å². The van der Waals surface area contributed by atoms with Crippen LogP contribution in [0, 0.1) is 0 Å². The molecule has 3 rings (SSSR count). The monoisotopic (exact) mass is 339 g/mol. The second kappa shape index (κ2) is 7.23. The Bertz CT molecular complexity index is 826. The van der Waals surface area contributed by atoms with Crippen molar-refractivity contribution in [3.05, 3.63) is 66.5 Å².